The first kappa shape index (κ1) is 27.0. The molecule has 0 saturated carbocycles. The van der Waals surface area contributed by atoms with E-state index in [9.17, 15) is 22.8 Å². The summed E-state index contributed by atoms with van der Waals surface area (Å²) in [6.45, 7) is 2.93. The van der Waals surface area contributed by atoms with Crippen LogP contribution < -0.4 is 15.0 Å². The van der Waals surface area contributed by atoms with Crippen LogP contribution in [0.3, 0.4) is 0 Å². The molecule has 200 valence electrons. The number of ether oxygens (including phenoxy) is 1. The molecule has 7 nitrogen and oxygen atoms in total. The fourth-order valence-corrected chi connectivity index (χ4v) is 4.17. The Hall–Kier alpha value is -4.08. The van der Waals surface area contributed by atoms with E-state index < -0.39 is 17.6 Å². The number of hydrogen-bond donors (Lipinski definition) is 1. The Bertz CT molecular complexity index is 1320. The fraction of sp³-hybridized carbons (Fsp3) is 0.321. The molecule has 1 aliphatic rings. The Kier molecular flexibility index (Phi) is 7.89. The molecule has 0 spiro atoms. The molecular weight excluding hydrogens is 497 g/mol. The van der Waals surface area contributed by atoms with Gasteiger partial charge < -0.3 is 19.9 Å². The number of aryl methyl sites for hydroxylation is 1. The number of rotatable bonds is 6. The van der Waals surface area contributed by atoms with Crippen molar-refractivity contribution in [3.63, 3.8) is 0 Å². The highest BCUT2D eigenvalue weighted by Gasteiger charge is 2.31. The Balaban J connectivity index is 1.37. The van der Waals surface area contributed by atoms with Gasteiger partial charge in [0.1, 0.15) is 11.9 Å². The van der Waals surface area contributed by atoms with Crippen molar-refractivity contribution < 1.29 is 27.5 Å². The van der Waals surface area contributed by atoms with E-state index in [-0.39, 0.29) is 17.6 Å². The third-order valence-electron chi connectivity index (χ3n) is 6.41. The summed E-state index contributed by atoms with van der Waals surface area (Å²) < 4.78 is 45.2. The number of alkyl halides is 3. The van der Waals surface area contributed by atoms with Gasteiger partial charge >= 0.3 is 6.18 Å². The molecule has 0 unspecified atom stereocenters. The standard InChI is InChI=1S/C28H29F3N4O3/c1-18-7-8-22(33-26(36)19-5-4-6-21(13-19)28(29,30)31)15-25(18)38-24-9-11-35(12-10-24)27(37)20-14-23(34(2)3)17-32-16-20/h4-8,13-17,24H,9-12H2,1-3H3,(H,33,36). The van der Waals surface area contributed by atoms with Gasteiger partial charge in [0.25, 0.3) is 11.8 Å². The number of piperidine rings is 1. The van der Waals surface area contributed by atoms with Gasteiger partial charge in [0.05, 0.1) is 23.0 Å². The van der Waals surface area contributed by atoms with Gasteiger partial charge in [0.15, 0.2) is 0 Å². The third kappa shape index (κ3) is 6.42. The fourth-order valence-electron chi connectivity index (χ4n) is 4.17. The van der Waals surface area contributed by atoms with E-state index >= 15 is 0 Å². The van der Waals surface area contributed by atoms with E-state index in [1.54, 1.807) is 35.5 Å². The first-order valence-corrected chi connectivity index (χ1v) is 12.2. The monoisotopic (exact) mass is 526 g/mol. The largest absolute Gasteiger partial charge is 0.490 e. The van der Waals surface area contributed by atoms with Crippen LogP contribution in [0.15, 0.2) is 60.9 Å². The van der Waals surface area contributed by atoms with Crippen LogP contribution >= 0.6 is 0 Å². The van der Waals surface area contributed by atoms with Crippen molar-refractivity contribution >= 4 is 23.2 Å². The van der Waals surface area contributed by atoms with Crippen LogP contribution in [0.25, 0.3) is 0 Å². The lowest BCUT2D eigenvalue weighted by Gasteiger charge is -2.32. The summed E-state index contributed by atoms with van der Waals surface area (Å²) >= 11 is 0. The number of halogens is 3. The SMILES string of the molecule is Cc1ccc(NC(=O)c2cccc(C(F)(F)F)c2)cc1OC1CCN(C(=O)c2cncc(N(C)C)c2)CC1. The van der Waals surface area contributed by atoms with Gasteiger partial charge in [0.2, 0.25) is 0 Å². The van der Waals surface area contributed by atoms with E-state index in [0.29, 0.717) is 42.9 Å². The summed E-state index contributed by atoms with van der Waals surface area (Å²) in [5.41, 5.74) is 1.68. The van der Waals surface area contributed by atoms with Crippen molar-refractivity contribution in [2.75, 3.05) is 37.4 Å². The van der Waals surface area contributed by atoms with Crippen LogP contribution in [0.4, 0.5) is 24.5 Å². The molecule has 1 N–H and O–H groups in total. The van der Waals surface area contributed by atoms with Crippen molar-refractivity contribution in [3.05, 3.63) is 83.2 Å². The molecule has 2 amide bonds. The minimum Gasteiger partial charge on any atom is -0.490 e. The van der Waals surface area contributed by atoms with E-state index in [0.717, 1.165) is 23.4 Å². The minimum absolute atomic E-state index is 0.0740. The second kappa shape index (κ2) is 11.1. The van der Waals surface area contributed by atoms with Crippen molar-refractivity contribution in [2.45, 2.75) is 32.0 Å². The van der Waals surface area contributed by atoms with Crippen LogP contribution in [0.5, 0.6) is 5.75 Å². The second-order valence-corrected chi connectivity index (χ2v) is 9.45. The first-order chi connectivity index (χ1) is 18.0. The Morgan fingerprint density at radius 3 is 2.45 bits per heavy atom. The molecule has 2 heterocycles. The van der Waals surface area contributed by atoms with Crippen LogP contribution in [0.1, 0.15) is 44.7 Å². The third-order valence-corrected chi connectivity index (χ3v) is 6.41. The maximum absolute atomic E-state index is 13.0. The predicted octanol–water partition coefficient (Wildman–Crippen LogP) is 5.41. The number of pyridine rings is 1. The predicted molar refractivity (Wildman–Crippen MR) is 139 cm³/mol. The lowest BCUT2D eigenvalue weighted by Crippen LogP contribution is -2.41. The maximum Gasteiger partial charge on any atom is 0.416 e. The number of carbonyl (C=O) groups is 2. The molecule has 0 aliphatic carbocycles. The van der Waals surface area contributed by atoms with Gasteiger partial charge in [-0.15, -0.1) is 0 Å². The molecule has 1 aliphatic heterocycles. The average Bonchev–Trinajstić information content (AvgIpc) is 2.90. The molecule has 4 rings (SSSR count). The summed E-state index contributed by atoms with van der Waals surface area (Å²) in [5, 5.41) is 2.65. The number of nitrogens with zero attached hydrogens (tertiary/aromatic N) is 3. The molecule has 1 aromatic heterocycles. The minimum atomic E-state index is -4.53. The summed E-state index contributed by atoms with van der Waals surface area (Å²) in [4.78, 5) is 33.4. The molecular formula is C28H29F3N4O3. The van der Waals surface area contributed by atoms with Crippen LogP contribution in [-0.2, 0) is 6.18 Å². The summed E-state index contributed by atoms with van der Waals surface area (Å²) in [5.74, 6) is -0.153. The van der Waals surface area contributed by atoms with Crippen molar-refractivity contribution in [1.82, 2.24) is 9.88 Å². The van der Waals surface area contributed by atoms with Crippen LogP contribution in [-0.4, -0.2) is 55.0 Å². The molecule has 3 aromatic rings. The van der Waals surface area contributed by atoms with E-state index in [4.69, 9.17) is 4.74 Å². The molecule has 0 radical (unpaired) electrons. The number of anilines is 2. The van der Waals surface area contributed by atoms with Gasteiger partial charge in [-0.1, -0.05) is 12.1 Å². The summed E-state index contributed by atoms with van der Waals surface area (Å²) in [6, 6.07) is 11.2. The quantitative estimate of drug-likeness (QED) is 0.465. The van der Waals surface area contributed by atoms with Gasteiger partial charge in [-0.25, -0.2) is 0 Å². The van der Waals surface area contributed by atoms with E-state index in [1.807, 2.05) is 32.0 Å². The highest BCUT2D eigenvalue weighted by atomic mass is 19.4. The van der Waals surface area contributed by atoms with Crippen molar-refractivity contribution in [3.8, 4) is 5.75 Å². The lowest BCUT2D eigenvalue weighted by atomic mass is 10.1. The summed E-state index contributed by atoms with van der Waals surface area (Å²) in [6.07, 6.45) is -0.123. The zero-order valence-electron chi connectivity index (χ0n) is 21.4. The molecule has 1 fully saturated rings. The molecule has 0 bridgehead atoms. The van der Waals surface area contributed by atoms with Gasteiger partial charge in [0, 0.05) is 63.5 Å². The highest BCUT2D eigenvalue weighted by Crippen LogP contribution is 2.30. The number of amides is 2. The normalized spacial score (nSPS) is 14.2. The molecule has 2 aromatic carbocycles. The summed E-state index contributed by atoms with van der Waals surface area (Å²) in [7, 11) is 3.78. The maximum atomic E-state index is 13.0. The lowest BCUT2D eigenvalue weighted by molar-refractivity contribution is -0.137. The van der Waals surface area contributed by atoms with Crippen molar-refractivity contribution in [1.29, 1.82) is 0 Å². The number of benzene rings is 2. The van der Waals surface area contributed by atoms with Gasteiger partial charge in [-0.3, -0.25) is 14.6 Å². The number of hydrogen-bond acceptors (Lipinski definition) is 5. The Labute approximate surface area is 219 Å². The number of carbonyl (C=O) groups excluding carboxylic acids is 2. The number of nitrogens with one attached hydrogen (secondary N) is 1. The Morgan fingerprint density at radius 1 is 1.03 bits per heavy atom. The zero-order chi connectivity index (χ0) is 27.4. The molecule has 10 heteroatoms. The number of likely N-dealkylation sites (tertiary alicyclic amines) is 1. The van der Waals surface area contributed by atoms with Crippen molar-refractivity contribution in [2.24, 2.45) is 0 Å². The Morgan fingerprint density at radius 2 is 1.76 bits per heavy atom. The first-order valence-electron chi connectivity index (χ1n) is 12.2. The van der Waals surface area contributed by atoms with Crippen LogP contribution in [0.2, 0.25) is 0 Å². The molecule has 38 heavy (non-hydrogen) atoms. The van der Waals surface area contributed by atoms with E-state index in [1.165, 1.54) is 12.1 Å². The topological polar surface area (TPSA) is 74.8 Å². The smallest absolute Gasteiger partial charge is 0.416 e. The van der Waals surface area contributed by atoms with Gasteiger partial charge in [-0.2, -0.15) is 13.2 Å². The zero-order valence-corrected chi connectivity index (χ0v) is 21.4. The van der Waals surface area contributed by atoms with Gasteiger partial charge in [-0.05, 0) is 42.8 Å². The highest BCUT2D eigenvalue weighted by molar-refractivity contribution is 6.04. The second-order valence-electron chi connectivity index (χ2n) is 9.45. The average molecular weight is 527 g/mol. The molecule has 0 atom stereocenters. The van der Waals surface area contributed by atoms with E-state index in [2.05, 4.69) is 10.3 Å². The molecule has 1 saturated heterocycles. The van der Waals surface area contributed by atoms with Crippen LogP contribution in [0, 0.1) is 6.92 Å². The number of aromatic nitrogens is 1.